The average molecular weight is 418 g/mol. The van der Waals surface area contributed by atoms with Gasteiger partial charge in [-0.05, 0) is 19.9 Å². The lowest BCUT2D eigenvalue weighted by Gasteiger charge is -2.33. The van der Waals surface area contributed by atoms with Crippen molar-refractivity contribution in [3.8, 4) is 5.75 Å². The summed E-state index contributed by atoms with van der Waals surface area (Å²) < 4.78 is 15.7. The lowest BCUT2D eigenvalue weighted by Crippen LogP contribution is -2.40. The molecule has 2 aliphatic rings. The van der Waals surface area contributed by atoms with Crippen molar-refractivity contribution >= 4 is 29.6 Å². The number of nitrogens with two attached hydrogens (primary N) is 1. The molecule has 2 atom stereocenters. The quantitative estimate of drug-likeness (QED) is 0.722. The van der Waals surface area contributed by atoms with Crippen LogP contribution < -0.4 is 10.5 Å². The van der Waals surface area contributed by atoms with Gasteiger partial charge in [-0.25, -0.2) is 9.59 Å². The summed E-state index contributed by atoms with van der Waals surface area (Å²) in [7, 11) is 2.74. The van der Waals surface area contributed by atoms with Crippen LogP contribution in [0.4, 0.5) is 0 Å². The van der Waals surface area contributed by atoms with Crippen LogP contribution in [0.1, 0.15) is 25.3 Å². The maximum absolute atomic E-state index is 12.9. The monoisotopic (exact) mass is 418 g/mol. The van der Waals surface area contributed by atoms with E-state index in [2.05, 4.69) is 0 Å². The maximum Gasteiger partial charge on any atom is 0.338 e. The molecule has 0 aliphatic carbocycles. The minimum Gasteiger partial charge on any atom is -0.496 e. The first-order valence-corrected chi connectivity index (χ1v) is 9.88. The van der Waals surface area contributed by atoms with Crippen LogP contribution >= 0.6 is 11.8 Å². The normalized spacial score (nSPS) is 21.2. The minimum atomic E-state index is -0.908. The summed E-state index contributed by atoms with van der Waals surface area (Å²) in [5, 5.41) is -0.112. The van der Waals surface area contributed by atoms with E-state index in [1.54, 1.807) is 38.1 Å². The van der Waals surface area contributed by atoms with E-state index in [-0.39, 0.29) is 29.5 Å². The number of rotatable bonds is 5. The Labute approximate surface area is 172 Å². The van der Waals surface area contributed by atoms with Gasteiger partial charge in [0.05, 0.1) is 48.2 Å². The molecule has 0 radical (unpaired) electrons. The number of carbonyl (C=O) groups is 3. The lowest BCUT2D eigenvalue weighted by atomic mass is 9.82. The number of esters is 2. The number of methoxy groups -OCH3 is 2. The molecule has 2 heterocycles. The van der Waals surface area contributed by atoms with Gasteiger partial charge in [0.15, 0.2) is 0 Å². The Morgan fingerprint density at radius 1 is 1.17 bits per heavy atom. The molecule has 0 spiro atoms. The Balaban J connectivity index is 2.35. The second-order valence-corrected chi connectivity index (χ2v) is 7.67. The van der Waals surface area contributed by atoms with Crippen LogP contribution in [-0.4, -0.2) is 48.8 Å². The van der Waals surface area contributed by atoms with E-state index < -0.39 is 23.1 Å². The van der Waals surface area contributed by atoms with Crippen LogP contribution in [-0.2, 0) is 23.9 Å². The number of hydrogen-bond acceptors (Lipinski definition) is 8. The van der Waals surface area contributed by atoms with Gasteiger partial charge >= 0.3 is 11.9 Å². The standard InChI is InChI=1S/C20H22N2O6S/c1-5-28-20(25)14-13(11-8-6-7-9-12(11)26-3)15(19(24)27-4)18-22(16(14)21)17(23)10(2)29-18/h6-10,13H,5,21H2,1-4H3/t10-,13-/m0/s1. The highest BCUT2D eigenvalue weighted by Crippen LogP contribution is 2.51. The van der Waals surface area contributed by atoms with Crippen molar-refractivity contribution in [2.24, 2.45) is 5.73 Å². The highest BCUT2D eigenvalue weighted by molar-refractivity contribution is 8.04. The summed E-state index contributed by atoms with van der Waals surface area (Å²) in [5.74, 6) is -2.18. The molecule has 8 nitrogen and oxygen atoms in total. The molecule has 1 aromatic rings. The molecule has 0 saturated carbocycles. The zero-order valence-corrected chi connectivity index (χ0v) is 17.4. The molecule has 29 heavy (non-hydrogen) atoms. The van der Waals surface area contributed by atoms with Gasteiger partial charge in [0.2, 0.25) is 5.91 Å². The maximum atomic E-state index is 12.9. The van der Waals surface area contributed by atoms with E-state index in [4.69, 9.17) is 19.9 Å². The van der Waals surface area contributed by atoms with E-state index in [0.29, 0.717) is 16.3 Å². The highest BCUT2D eigenvalue weighted by Gasteiger charge is 2.49. The molecule has 0 bridgehead atoms. The van der Waals surface area contributed by atoms with Crippen molar-refractivity contribution < 1.29 is 28.6 Å². The minimum absolute atomic E-state index is 0.00329. The van der Waals surface area contributed by atoms with Crippen LogP contribution in [0, 0.1) is 0 Å². The molecule has 0 unspecified atom stereocenters. The summed E-state index contributed by atoms with van der Waals surface area (Å²) in [6.45, 7) is 3.48. The van der Waals surface area contributed by atoms with E-state index in [9.17, 15) is 14.4 Å². The summed E-state index contributed by atoms with van der Waals surface area (Å²) >= 11 is 1.20. The average Bonchev–Trinajstić information content (AvgIpc) is 3.01. The fourth-order valence-electron chi connectivity index (χ4n) is 3.46. The smallest absolute Gasteiger partial charge is 0.338 e. The molecule has 1 aromatic carbocycles. The number of carbonyl (C=O) groups excluding carboxylic acids is 3. The van der Waals surface area contributed by atoms with E-state index in [1.165, 1.54) is 30.9 Å². The number of nitrogens with zero attached hydrogens (tertiary/aromatic N) is 1. The number of fused-ring (bicyclic) bond motifs is 1. The van der Waals surface area contributed by atoms with Gasteiger partial charge in [-0.1, -0.05) is 30.0 Å². The molecule has 0 aromatic heterocycles. The highest BCUT2D eigenvalue weighted by atomic mass is 32.2. The van der Waals surface area contributed by atoms with Crippen molar-refractivity contribution in [2.75, 3.05) is 20.8 Å². The van der Waals surface area contributed by atoms with Crippen molar-refractivity contribution in [1.29, 1.82) is 0 Å². The molecule has 2 N–H and O–H groups in total. The number of benzene rings is 1. The third kappa shape index (κ3) is 3.35. The first-order chi connectivity index (χ1) is 13.9. The first-order valence-electron chi connectivity index (χ1n) is 9.00. The third-order valence-electron chi connectivity index (χ3n) is 4.73. The van der Waals surface area contributed by atoms with Crippen LogP contribution in [0.2, 0.25) is 0 Å². The van der Waals surface area contributed by atoms with Crippen molar-refractivity contribution in [2.45, 2.75) is 25.0 Å². The van der Waals surface area contributed by atoms with E-state index in [0.717, 1.165) is 0 Å². The summed E-state index contributed by atoms with van der Waals surface area (Å²) in [6, 6.07) is 6.99. The fraction of sp³-hybridized carbons (Fsp3) is 0.350. The van der Waals surface area contributed by atoms with E-state index >= 15 is 0 Å². The molecule has 1 amide bonds. The molecule has 1 saturated heterocycles. The second kappa shape index (κ2) is 8.20. The van der Waals surface area contributed by atoms with Gasteiger partial charge in [-0.2, -0.15) is 0 Å². The number of amides is 1. The molecule has 2 aliphatic heterocycles. The lowest BCUT2D eigenvalue weighted by molar-refractivity contribution is -0.139. The Hall–Kier alpha value is -2.94. The summed E-state index contributed by atoms with van der Waals surface area (Å²) in [6.07, 6.45) is 0. The fourth-order valence-corrected chi connectivity index (χ4v) is 4.63. The van der Waals surface area contributed by atoms with Gasteiger partial charge in [-0.3, -0.25) is 9.69 Å². The van der Waals surface area contributed by atoms with E-state index in [1.807, 2.05) is 0 Å². The van der Waals surface area contributed by atoms with Crippen molar-refractivity contribution in [1.82, 2.24) is 4.90 Å². The summed E-state index contributed by atoms with van der Waals surface area (Å²) in [5.41, 5.74) is 7.01. The number of hydrogen-bond donors (Lipinski definition) is 1. The predicted molar refractivity (Wildman–Crippen MR) is 107 cm³/mol. The second-order valence-electron chi connectivity index (χ2n) is 6.34. The van der Waals surface area contributed by atoms with Crippen LogP contribution in [0.15, 0.2) is 46.3 Å². The SMILES string of the molecule is CCOC(=O)C1=C(N)N2C(=O)[C@H](C)SC2=C(C(=O)OC)[C@H]1c1ccccc1OC. The van der Waals surface area contributed by atoms with Crippen molar-refractivity contribution in [3.63, 3.8) is 0 Å². The van der Waals surface area contributed by atoms with Crippen LogP contribution in [0.3, 0.4) is 0 Å². The molecule has 3 rings (SSSR count). The van der Waals surface area contributed by atoms with Gasteiger partial charge in [0, 0.05) is 5.56 Å². The zero-order chi connectivity index (χ0) is 21.3. The van der Waals surface area contributed by atoms with Gasteiger partial charge in [0.1, 0.15) is 11.6 Å². The van der Waals surface area contributed by atoms with Gasteiger partial charge in [0.25, 0.3) is 0 Å². The Morgan fingerprint density at radius 3 is 2.48 bits per heavy atom. The predicted octanol–water partition coefficient (Wildman–Crippen LogP) is 1.87. The third-order valence-corrected chi connectivity index (χ3v) is 5.92. The summed E-state index contributed by atoms with van der Waals surface area (Å²) in [4.78, 5) is 39.7. The van der Waals surface area contributed by atoms with Crippen LogP contribution in [0.25, 0.3) is 0 Å². The first kappa shape index (κ1) is 20.8. The molecule has 1 fully saturated rings. The van der Waals surface area contributed by atoms with Crippen LogP contribution in [0.5, 0.6) is 5.75 Å². The number of ether oxygens (including phenoxy) is 3. The molecule has 9 heteroatoms. The van der Waals surface area contributed by atoms with Gasteiger partial charge in [-0.15, -0.1) is 0 Å². The molecular weight excluding hydrogens is 396 g/mol. The Kier molecular flexibility index (Phi) is 5.88. The largest absolute Gasteiger partial charge is 0.496 e. The van der Waals surface area contributed by atoms with Crippen molar-refractivity contribution in [3.05, 3.63) is 51.8 Å². The molecule has 154 valence electrons. The topological polar surface area (TPSA) is 108 Å². The number of thioether (sulfide) groups is 1. The Morgan fingerprint density at radius 2 is 1.86 bits per heavy atom. The Bertz CT molecular complexity index is 939. The zero-order valence-electron chi connectivity index (χ0n) is 16.6. The van der Waals surface area contributed by atoms with Gasteiger partial charge < -0.3 is 19.9 Å². The number of para-hydroxylation sites is 1. The molecular formula is C20H22N2O6S.